The molecule has 2 fully saturated rings. The maximum Gasteiger partial charge on any atom is 0.0707 e. The third kappa shape index (κ3) is 2.54. The molecule has 2 aliphatic heterocycles. The Morgan fingerprint density at radius 2 is 2.00 bits per heavy atom. The van der Waals surface area contributed by atoms with E-state index in [0.717, 1.165) is 30.2 Å². The van der Waals surface area contributed by atoms with Crippen molar-refractivity contribution in [1.82, 2.24) is 4.90 Å². The first-order chi connectivity index (χ1) is 8.74. The van der Waals surface area contributed by atoms with E-state index in [2.05, 4.69) is 17.0 Å². The summed E-state index contributed by atoms with van der Waals surface area (Å²) < 4.78 is 5.84. The van der Waals surface area contributed by atoms with Crippen LogP contribution in [0.2, 0.25) is 5.02 Å². The van der Waals surface area contributed by atoms with E-state index in [9.17, 15) is 0 Å². The highest BCUT2D eigenvalue weighted by Crippen LogP contribution is 2.28. The molecule has 1 aromatic rings. The molecule has 18 heavy (non-hydrogen) atoms. The van der Waals surface area contributed by atoms with Gasteiger partial charge in [0.05, 0.1) is 12.2 Å². The molecule has 2 atom stereocenters. The zero-order chi connectivity index (χ0) is 12.5. The van der Waals surface area contributed by atoms with Gasteiger partial charge in [-0.15, -0.1) is 0 Å². The van der Waals surface area contributed by atoms with Crippen LogP contribution in [0.4, 0.5) is 0 Å². The SMILES string of the molecule is NCc1ccc(CN2CC3CCC(C2)O3)c(Cl)c1. The van der Waals surface area contributed by atoms with Crippen LogP contribution in [0, 0.1) is 0 Å². The lowest BCUT2D eigenvalue weighted by Gasteiger charge is -2.32. The van der Waals surface area contributed by atoms with Crippen molar-refractivity contribution < 1.29 is 4.74 Å². The van der Waals surface area contributed by atoms with Gasteiger partial charge in [-0.1, -0.05) is 23.7 Å². The highest BCUT2D eigenvalue weighted by Gasteiger charge is 2.33. The second-order valence-electron chi connectivity index (χ2n) is 5.28. The van der Waals surface area contributed by atoms with E-state index in [4.69, 9.17) is 22.1 Å². The topological polar surface area (TPSA) is 38.5 Å². The number of nitrogens with two attached hydrogens (primary N) is 1. The summed E-state index contributed by atoms with van der Waals surface area (Å²) in [5.74, 6) is 0. The van der Waals surface area contributed by atoms with Crippen molar-refractivity contribution in [1.29, 1.82) is 0 Å². The van der Waals surface area contributed by atoms with Crippen molar-refractivity contribution in [3.63, 3.8) is 0 Å². The van der Waals surface area contributed by atoms with Gasteiger partial charge in [-0.2, -0.15) is 0 Å². The van der Waals surface area contributed by atoms with Gasteiger partial charge in [0, 0.05) is 31.2 Å². The normalized spacial score (nSPS) is 27.7. The summed E-state index contributed by atoms with van der Waals surface area (Å²) >= 11 is 6.30. The molecule has 0 saturated carbocycles. The summed E-state index contributed by atoms with van der Waals surface area (Å²) in [6.07, 6.45) is 3.29. The lowest BCUT2D eigenvalue weighted by Crippen LogP contribution is -2.42. The van der Waals surface area contributed by atoms with E-state index in [1.54, 1.807) is 0 Å². The molecular formula is C14H19ClN2O. The van der Waals surface area contributed by atoms with Gasteiger partial charge in [0.2, 0.25) is 0 Å². The summed E-state index contributed by atoms with van der Waals surface area (Å²) in [4.78, 5) is 2.45. The summed E-state index contributed by atoms with van der Waals surface area (Å²) in [7, 11) is 0. The molecule has 3 nitrogen and oxygen atoms in total. The lowest BCUT2D eigenvalue weighted by atomic mass is 10.1. The zero-order valence-electron chi connectivity index (χ0n) is 10.4. The molecule has 0 spiro atoms. The van der Waals surface area contributed by atoms with Gasteiger partial charge in [-0.3, -0.25) is 4.90 Å². The van der Waals surface area contributed by atoms with Crippen LogP contribution in [-0.2, 0) is 17.8 Å². The standard InChI is InChI=1S/C14H19ClN2O/c15-14-5-10(6-16)1-2-11(14)7-17-8-12-3-4-13(9-17)18-12/h1-2,5,12-13H,3-4,6-9,16H2. The van der Waals surface area contributed by atoms with E-state index < -0.39 is 0 Å². The Morgan fingerprint density at radius 1 is 1.28 bits per heavy atom. The van der Waals surface area contributed by atoms with Crippen LogP contribution < -0.4 is 5.73 Å². The Bertz CT molecular complexity index is 426. The van der Waals surface area contributed by atoms with Crippen molar-refractivity contribution in [2.45, 2.75) is 38.1 Å². The molecule has 0 aromatic heterocycles. The van der Waals surface area contributed by atoms with E-state index >= 15 is 0 Å². The van der Waals surface area contributed by atoms with Crippen molar-refractivity contribution in [2.75, 3.05) is 13.1 Å². The summed E-state index contributed by atoms with van der Waals surface area (Å²) in [5, 5.41) is 0.830. The average molecular weight is 267 g/mol. The van der Waals surface area contributed by atoms with Crippen LogP contribution in [0.15, 0.2) is 18.2 Å². The predicted molar refractivity (Wildman–Crippen MR) is 72.5 cm³/mol. The monoisotopic (exact) mass is 266 g/mol. The minimum atomic E-state index is 0.436. The molecule has 2 heterocycles. The van der Waals surface area contributed by atoms with Crippen LogP contribution >= 0.6 is 11.6 Å². The maximum absolute atomic E-state index is 6.30. The molecule has 2 saturated heterocycles. The fourth-order valence-electron chi connectivity index (χ4n) is 2.92. The maximum atomic E-state index is 6.30. The van der Waals surface area contributed by atoms with Gasteiger partial charge in [0.15, 0.2) is 0 Å². The van der Waals surface area contributed by atoms with Gasteiger partial charge in [0.1, 0.15) is 0 Å². The van der Waals surface area contributed by atoms with E-state index in [-0.39, 0.29) is 0 Å². The number of morpholine rings is 1. The molecule has 98 valence electrons. The van der Waals surface area contributed by atoms with Gasteiger partial charge in [-0.25, -0.2) is 0 Å². The molecular weight excluding hydrogens is 248 g/mol. The molecule has 1 aromatic carbocycles. The number of halogens is 1. The second-order valence-corrected chi connectivity index (χ2v) is 5.69. The van der Waals surface area contributed by atoms with Crippen molar-refractivity contribution >= 4 is 11.6 Å². The minimum Gasteiger partial charge on any atom is -0.372 e. The van der Waals surface area contributed by atoms with Crippen molar-refractivity contribution in [3.05, 3.63) is 34.3 Å². The summed E-state index contributed by atoms with van der Waals surface area (Å²) in [5.41, 5.74) is 7.89. The number of fused-ring (bicyclic) bond motifs is 2. The van der Waals surface area contributed by atoms with Crippen LogP contribution in [0.5, 0.6) is 0 Å². The first-order valence-electron chi connectivity index (χ1n) is 6.60. The van der Waals surface area contributed by atoms with Crippen LogP contribution in [0.3, 0.4) is 0 Å². The van der Waals surface area contributed by atoms with E-state index in [0.29, 0.717) is 18.8 Å². The van der Waals surface area contributed by atoms with Crippen molar-refractivity contribution in [3.8, 4) is 0 Å². The number of hydrogen-bond donors (Lipinski definition) is 1. The molecule has 2 bridgehead atoms. The van der Waals surface area contributed by atoms with E-state index in [1.165, 1.54) is 18.4 Å². The minimum absolute atomic E-state index is 0.436. The Hall–Kier alpha value is -0.610. The Morgan fingerprint density at radius 3 is 2.61 bits per heavy atom. The predicted octanol–water partition coefficient (Wildman–Crippen LogP) is 2.16. The van der Waals surface area contributed by atoms with Gasteiger partial charge < -0.3 is 10.5 Å². The second kappa shape index (κ2) is 5.17. The summed E-state index contributed by atoms with van der Waals surface area (Å²) in [6.45, 7) is 3.53. The quantitative estimate of drug-likeness (QED) is 0.911. The number of likely N-dealkylation sites (tertiary alicyclic amines) is 1. The van der Waals surface area contributed by atoms with Crippen LogP contribution in [0.25, 0.3) is 0 Å². The Labute approximate surface area is 113 Å². The first kappa shape index (κ1) is 12.4. The smallest absolute Gasteiger partial charge is 0.0707 e. The fourth-order valence-corrected chi connectivity index (χ4v) is 3.18. The third-order valence-corrected chi connectivity index (χ3v) is 4.22. The van der Waals surface area contributed by atoms with Crippen molar-refractivity contribution in [2.24, 2.45) is 5.73 Å². The molecule has 3 rings (SSSR count). The van der Waals surface area contributed by atoms with Gasteiger partial charge >= 0.3 is 0 Å². The number of ether oxygens (including phenoxy) is 1. The zero-order valence-corrected chi connectivity index (χ0v) is 11.2. The fraction of sp³-hybridized carbons (Fsp3) is 0.571. The Kier molecular flexibility index (Phi) is 3.57. The lowest BCUT2D eigenvalue weighted by molar-refractivity contribution is -0.0410. The molecule has 0 aliphatic carbocycles. The Balaban J connectivity index is 1.69. The largest absolute Gasteiger partial charge is 0.372 e. The highest BCUT2D eigenvalue weighted by molar-refractivity contribution is 6.31. The molecule has 4 heteroatoms. The molecule has 2 N–H and O–H groups in total. The van der Waals surface area contributed by atoms with Gasteiger partial charge in [0.25, 0.3) is 0 Å². The van der Waals surface area contributed by atoms with E-state index in [1.807, 2.05) is 6.07 Å². The molecule has 2 aliphatic rings. The third-order valence-electron chi connectivity index (χ3n) is 3.87. The average Bonchev–Trinajstić information content (AvgIpc) is 2.71. The number of rotatable bonds is 3. The highest BCUT2D eigenvalue weighted by atomic mass is 35.5. The number of nitrogens with zero attached hydrogens (tertiary/aromatic N) is 1. The van der Waals surface area contributed by atoms with Gasteiger partial charge in [-0.05, 0) is 30.0 Å². The van der Waals surface area contributed by atoms with Crippen LogP contribution in [-0.4, -0.2) is 30.2 Å². The molecule has 0 amide bonds. The van der Waals surface area contributed by atoms with Crippen LogP contribution in [0.1, 0.15) is 24.0 Å². The first-order valence-corrected chi connectivity index (χ1v) is 6.97. The molecule has 2 unspecified atom stereocenters. The molecule has 0 radical (unpaired) electrons. The number of benzene rings is 1. The summed E-state index contributed by atoms with van der Waals surface area (Å²) in [6, 6.07) is 6.14. The number of hydrogen-bond acceptors (Lipinski definition) is 3.